The Morgan fingerprint density at radius 3 is 2.60 bits per heavy atom. The fourth-order valence-electron chi connectivity index (χ4n) is 3.50. The Morgan fingerprint density at radius 2 is 2.04 bits per heavy atom. The molecule has 0 aliphatic carbocycles. The molecule has 0 bridgehead atoms. The Labute approximate surface area is 156 Å². The predicted octanol–water partition coefficient (Wildman–Crippen LogP) is 3.15. The number of halogens is 1. The molecule has 1 unspecified atom stereocenters. The molecule has 0 radical (unpaired) electrons. The van der Waals surface area contributed by atoms with Crippen molar-refractivity contribution in [3.63, 3.8) is 0 Å². The lowest BCUT2D eigenvalue weighted by molar-refractivity contribution is 0.0413. The van der Waals surface area contributed by atoms with Gasteiger partial charge in [-0.25, -0.2) is 4.98 Å². The molecular weight excluding hydrogens is 384 g/mol. The SMILES string of the molecule is CC(C)n1cc(Br)cc1C(=O)N1CCC(C(O)c2nccn2C)CC1. The fourth-order valence-corrected chi connectivity index (χ4v) is 3.93. The molecule has 2 aromatic heterocycles. The van der Waals surface area contributed by atoms with E-state index >= 15 is 0 Å². The molecule has 1 aliphatic heterocycles. The first kappa shape index (κ1) is 18.2. The number of amides is 1. The Hall–Kier alpha value is -1.60. The average Bonchev–Trinajstić information content (AvgIpc) is 3.19. The van der Waals surface area contributed by atoms with E-state index in [4.69, 9.17) is 0 Å². The number of carbonyl (C=O) groups is 1. The van der Waals surface area contributed by atoms with Gasteiger partial charge in [-0.1, -0.05) is 0 Å². The Bertz CT molecular complexity index is 744. The van der Waals surface area contributed by atoms with Crippen molar-refractivity contribution in [1.82, 2.24) is 19.0 Å². The molecule has 1 amide bonds. The van der Waals surface area contributed by atoms with Gasteiger partial charge in [0.05, 0.1) is 0 Å². The van der Waals surface area contributed by atoms with E-state index in [2.05, 4.69) is 34.8 Å². The van der Waals surface area contributed by atoms with Crippen molar-refractivity contribution < 1.29 is 9.90 Å². The molecule has 0 spiro atoms. The van der Waals surface area contributed by atoms with Crippen molar-refractivity contribution in [3.8, 4) is 0 Å². The van der Waals surface area contributed by atoms with Crippen molar-refractivity contribution >= 4 is 21.8 Å². The van der Waals surface area contributed by atoms with Crippen LogP contribution in [0.1, 0.15) is 55.1 Å². The number of aromatic nitrogens is 3. The van der Waals surface area contributed by atoms with Crippen LogP contribution in [0.25, 0.3) is 0 Å². The molecule has 1 N–H and O–H groups in total. The first-order valence-electron chi connectivity index (χ1n) is 8.70. The van der Waals surface area contributed by atoms with Crippen molar-refractivity contribution in [2.75, 3.05) is 13.1 Å². The van der Waals surface area contributed by atoms with Gasteiger partial charge in [-0.05, 0) is 54.6 Å². The van der Waals surface area contributed by atoms with Crippen LogP contribution in [-0.4, -0.2) is 43.1 Å². The third kappa shape index (κ3) is 3.67. The Kier molecular flexibility index (Phi) is 5.34. The van der Waals surface area contributed by atoms with Gasteiger partial charge in [0.1, 0.15) is 17.6 Å². The van der Waals surface area contributed by atoms with Crippen LogP contribution in [0.3, 0.4) is 0 Å². The second-order valence-corrected chi connectivity index (χ2v) is 7.93. The van der Waals surface area contributed by atoms with Crippen LogP contribution in [-0.2, 0) is 7.05 Å². The van der Waals surface area contributed by atoms with E-state index in [1.165, 1.54) is 0 Å². The fraction of sp³-hybridized carbons (Fsp3) is 0.556. The molecule has 2 aromatic rings. The zero-order chi connectivity index (χ0) is 18.1. The normalized spacial score (nSPS) is 17.3. The summed E-state index contributed by atoms with van der Waals surface area (Å²) in [5.41, 5.74) is 0.713. The monoisotopic (exact) mass is 408 g/mol. The second-order valence-electron chi connectivity index (χ2n) is 7.02. The minimum Gasteiger partial charge on any atom is -0.385 e. The van der Waals surface area contributed by atoms with Gasteiger partial charge in [-0.15, -0.1) is 0 Å². The molecule has 0 saturated carbocycles. The summed E-state index contributed by atoms with van der Waals surface area (Å²) in [4.78, 5) is 19.0. The summed E-state index contributed by atoms with van der Waals surface area (Å²) >= 11 is 3.47. The number of piperidine rings is 1. The lowest BCUT2D eigenvalue weighted by atomic mass is 9.90. The van der Waals surface area contributed by atoms with Crippen molar-refractivity contribution in [2.24, 2.45) is 13.0 Å². The number of nitrogens with zero attached hydrogens (tertiary/aromatic N) is 4. The third-order valence-electron chi connectivity index (χ3n) is 4.99. The van der Waals surface area contributed by atoms with Gasteiger partial charge in [0.25, 0.3) is 5.91 Å². The Morgan fingerprint density at radius 1 is 1.36 bits per heavy atom. The van der Waals surface area contributed by atoms with Gasteiger partial charge < -0.3 is 19.1 Å². The minimum absolute atomic E-state index is 0.0596. The maximum Gasteiger partial charge on any atom is 0.270 e. The lowest BCUT2D eigenvalue weighted by Crippen LogP contribution is -2.40. The highest BCUT2D eigenvalue weighted by atomic mass is 79.9. The van der Waals surface area contributed by atoms with Crippen LogP contribution < -0.4 is 0 Å². The summed E-state index contributed by atoms with van der Waals surface area (Å²) in [5.74, 6) is 0.889. The van der Waals surface area contributed by atoms with E-state index < -0.39 is 6.10 Å². The molecule has 25 heavy (non-hydrogen) atoms. The molecule has 0 aromatic carbocycles. The third-order valence-corrected chi connectivity index (χ3v) is 5.42. The number of aliphatic hydroxyl groups is 1. The molecule has 7 heteroatoms. The highest BCUT2D eigenvalue weighted by Gasteiger charge is 2.31. The van der Waals surface area contributed by atoms with Gasteiger partial charge in [0, 0.05) is 49.2 Å². The maximum absolute atomic E-state index is 12.9. The number of likely N-dealkylation sites (tertiary alicyclic amines) is 1. The molecule has 136 valence electrons. The van der Waals surface area contributed by atoms with E-state index in [-0.39, 0.29) is 17.9 Å². The first-order valence-corrected chi connectivity index (χ1v) is 9.49. The summed E-state index contributed by atoms with van der Waals surface area (Å²) in [5, 5.41) is 10.6. The molecule has 1 fully saturated rings. The number of hydrogen-bond donors (Lipinski definition) is 1. The van der Waals surface area contributed by atoms with E-state index in [0.717, 1.165) is 17.3 Å². The maximum atomic E-state index is 12.9. The average molecular weight is 409 g/mol. The standard InChI is InChI=1S/C18H25BrN4O2/c1-12(2)23-11-14(19)10-15(23)18(25)22-7-4-13(5-8-22)16(24)17-20-6-9-21(17)3/h6,9-13,16,24H,4-5,7-8H2,1-3H3. The van der Waals surface area contributed by atoms with Crippen LogP contribution in [0.5, 0.6) is 0 Å². The second kappa shape index (κ2) is 7.33. The molecule has 1 atom stereocenters. The van der Waals surface area contributed by atoms with Crippen molar-refractivity contribution in [3.05, 3.63) is 40.6 Å². The van der Waals surface area contributed by atoms with Gasteiger partial charge in [-0.3, -0.25) is 4.79 Å². The topological polar surface area (TPSA) is 63.3 Å². The number of carbonyl (C=O) groups excluding carboxylic acids is 1. The largest absolute Gasteiger partial charge is 0.385 e. The highest BCUT2D eigenvalue weighted by Crippen LogP contribution is 2.31. The summed E-state index contributed by atoms with van der Waals surface area (Å²) in [6.45, 7) is 5.45. The van der Waals surface area contributed by atoms with Gasteiger partial charge >= 0.3 is 0 Å². The van der Waals surface area contributed by atoms with Crippen LogP contribution in [0.2, 0.25) is 0 Å². The number of hydrogen-bond acceptors (Lipinski definition) is 3. The molecule has 3 heterocycles. The van der Waals surface area contributed by atoms with E-state index in [1.807, 2.05) is 39.5 Å². The van der Waals surface area contributed by atoms with Crippen LogP contribution in [0, 0.1) is 5.92 Å². The Balaban J connectivity index is 1.66. The number of rotatable bonds is 4. The van der Waals surface area contributed by atoms with E-state index in [0.29, 0.717) is 24.6 Å². The first-order chi connectivity index (χ1) is 11.9. The molecular formula is C18H25BrN4O2. The summed E-state index contributed by atoms with van der Waals surface area (Å²) in [6, 6.07) is 2.12. The zero-order valence-corrected chi connectivity index (χ0v) is 16.5. The summed E-state index contributed by atoms with van der Waals surface area (Å²) in [6.07, 6.45) is 6.48. The summed E-state index contributed by atoms with van der Waals surface area (Å²) < 4.78 is 4.78. The molecule has 3 rings (SSSR count). The van der Waals surface area contributed by atoms with Crippen LogP contribution in [0.4, 0.5) is 0 Å². The quantitative estimate of drug-likeness (QED) is 0.844. The number of aryl methyl sites for hydroxylation is 1. The van der Waals surface area contributed by atoms with Gasteiger partial charge in [-0.2, -0.15) is 0 Å². The summed E-state index contributed by atoms with van der Waals surface area (Å²) in [7, 11) is 1.89. The highest BCUT2D eigenvalue weighted by molar-refractivity contribution is 9.10. The lowest BCUT2D eigenvalue weighted by Gasteiger charge is -2.34. The molecule has 1 saturated heterocycles. The van der Waals surface area contributed by atoms with Crippen molar-refractivity contribution in [1.29, 1.82) is 0 Å². The van der Waals surface area contributed by atoms with Gasteiger partial charge in [0.15, 0.2) is 0 Å². The molecule has 6 nitrogen and oxygen atoms in total. The van der Waals surface area contributed by atoms with E-state index in [1.54, 1.807) is 6.20 Å². The molecule has 1 aliphatic rings. The predicted molar refractivity (Wildman–Crippen MR) is 99.3 cm³/mol. The van der Waals surface area contributed by atoms with Crippen LogP contribution >= 0.6 is 15.9 Å². The van der Waals surface area contributed by atoms with Gasteiger partial charge in [0.2, 0.25) is 0 Å². The minimum atomic E-state index is -0.578. The number of aliphatic hydroxyl groups excluding tert-OH is 1. The van der Waals surface area contributed by atoms with Crippen LogP contribution in [0.15, 0.2) is 29.1 Å². The number of imidazole rings is 1. The zero-order valence-electron chi connectivity index (χ0n) is 14.9. The van der Waals surface area contributed by atoms with Crippen molar-refractivity contribution in [2.45, 2.75) is 38.8 Å². The van der Waals surface area contributed by atoms with E-state index in [9.17, 15) is 9.90 Å². The smallest absolute Gasteiger partial charge is 0.270 e.